The predicted molar refractivity (Wildman–Crippen MR) is 160 cm³/mol. The number of nitrogens with zero attached hydrogens (tertiary/aromatic N) is 7. The minimum Gasteiger partial charge on any atom is -0.491 e. The van der Waals surface area contributed by atoms with E-state index in [1.165, 1.54) is 47.4 Å². The number of amides is 3. The number of urea groups is 1. The summed E-state index contributed by atoms with van der Waals surface area (Å²) >= 11 is 0.932. The van der Waals surface area contributed by atoms with E-state index in [1.54, 1.807) is 13.0 Å². The van der Waals surface area contributed by atoms with Gasteiger partial charge < -0.3 is 14.8 Å². The first kappa shape index (κ1) is 33.7. The molecule has 248 valence electrons. The fraction of sp³-hybridized carbons (Fsp3) is 0.207. The molecule has 1 aliphatic heterocycles. The van der Waals surface area contributed by atoms with Gasteiger partial charge in [-0.3, -0.25) is 9.69 Å². The van der Waals surface area contributed by atoms with Crippen LogP contribution >= 0.6 is 11.8 Å². The lowest BCUT2D eigenvalue weighted by atomic mass is 10.1. The van der Waals surface area contributed by atoms with E-state index in [2.05, 4.69) is 30.1 Å². The fourth-order valence-electron chi connectivity index (χ4n) is 4.21. The molecule has 1 aliphatic rings. The number of aryl methyl sites for hydroxylation is 1. The molecular formula is C29H20F6N8O4S. The van der Waals surface area contributed by atoms with Crippen molar-refractivity contribution in [3.63, 3.8) is 0 Å². The highest BCUT2D eigenvalue weighted by atomic mass is 32.2. The number of nitriles is 1. The Balaban J connectivity index is 1.32. The lowest BCUT2D eigenvalue weighted by Crippen LogP contribution is -2.31. The van der Waals surface area contributed by atoms with Gasteiger partial charge in [-0.05, 0) is 55.0 Å². The van der Waals surface area contributed by atoms with Gasteiger partial charge in [0, 0.05) is 5.56 Å². The highest BCUT2D eigenvalue weighted by Gasteiger charge is 2.34. The monoisotopic (exact) mass is 690 g/mol. The summed E-state index contributed by atoms with van der Waals surface area (Å²) in [6, 6.07) is 12.1. The lowest BCUT2D eigenvalue weighted by Gasteiger charge is -2.20. The number of anilines is 2. The Bertz CT molecular complexity index is 1920. The standard InChI is InChI=1S/C29H20F6N8O4S/c1-16-2-6-22(46-9-8-28(30,31)32)21(10-16)43-24(44)14-48-27(43)40-26(45)39-20-5-3-17(11-18(20)12-36)25-38-15-42(41-25)23-7-4-19(13-37-23)47-29(33,34)35/h2-7,10-11,13,15H,8-9,14H2,1H3,(H,39,45). The van der Waals surface area contributed by atoms with E-state index in [-0.39, 0.29) is 45.3 Å². The second-order valence-corrected chi connectivity index (χ2v) is 10.8. The molecule has 0 saturated carbocycles. The smallest absolute Gasteiger partial charge is 0.491 e. The summed E-state index contributed by atoms with van der Waals surface area (Å²) in [6.45, 7) is 1.02. The quantitative estimate of drug-likeness (QED) is 0.207. The van der Waals surface area contributed by atoms with Crippen molar-refractivity contribution in [3.8, 4) is 34.8 Å². The van der Waals surface area contributed by atoms with Gasteiger partial charge in [0.2, 0.25) is 5.91 Å². The van der Waals surface area contributed by atoms with Crippen LogP contribution in [0.1, 0.15) is 17.5 Å². The molecule has 2 aromatic heterocycles. The molecule has 4 aromatic rings. The molecule has 19 heteroatoms. The highest BCUT2D eigenvalue weighted by molar-refractivity contribution is 8.15. The molecule has 12 nitrogen and oxygen atoms in total. The fourth-order valence-corrected chi connectivity index (χ4v) is 5.06. The highest BCUT2D eigenvalue weighted by Crippen LogP contribution is 2.36. The Labute approximate surface area is 271 Å². The van der Waals surface area contributed by atoms with Gasteiger partial charge in [0.15, 0.2) is 16.8 Å². The molecule has 3 heterocycles. The minimum atomic E-state index is -4.87. The molecule has 0 radical (unpaired) electrons. The zero-order chi connectivity index (χ0) is 34.6. The summed E-state index contributed by atoms with van der Waals surface area (Å²) in [5.41, 5.74) is 1.20. The van der Waals surface area contributed by atoms with Crippen LogP contribution in [0, 0.1) is 18.3 Å². The lowest BCUT2D eigenvalue weighted by molar-refractivity contribution is -0.274. The van der Waals surface area contributed by atoms with Gasteiger partial charge in [-0.25, -0.2) is 19.4 Å². The number of hydrogen-bond acceptors (Lipinski definition) is 9. The Hall–Kier alpha value is -5.64. The Morgan fingerprint density at radius 1 is 1.10 bits per heavy atom. The summed E-state index contributed by atoms with van der Waals surface area (Å²) in [5.74, 6) is -0.837. The van der Waals surface area contributed by atoms with Crippen molar-refractivity contribution < 1.29 is 45.4 Å². The zero-order valence-electron chi connectivity index (χ0n) is 24.3. The third-order valence-electron chi connectivity index (χ3n) is 6.28. The van der Waals surface area contributed by atoms with Gasteiger partial charge >= 0.3 is 18.6 Å². The van der Waals surface area contributed by atoms with Crippen LogP contribution in [0.5, 0.6) is 11.5 Å². The molecule has 1 fully saturated rings. The normalized spacial score (nSPS) is 14.2. The first-order valence-electron chi connectivity index (χ1n) is 13.5. The van der Waals surface area contributed by atoms with Crippen LogP contribution in [0.15, 0.2) is 66.0 Å². The van der Waals surface area contributed by atoms with E-state index in [0.29, 0.717) is 11.1 Å². The topological polar surface area (TPSA) is 148 Å². The van der Waals surface area contributed by atoms with Crippen molar-refractivity contribution in [1.82, 2.24) is 19.7 Å². The third-order valence-corrected chi connectivity index (χ3v) is 7.21. The van der Waals surface area contributed by atoms with Gasteiger partial charge in [-0.1, -0.05) is 17.8 Å². The van der Waals surface area contributed by atoms with Crippen molar-refractivity contribution in [2.75, 3.05) is 22.6 Å². The van der Waals surface area contributed by atoms with Gasteiger partial charge in [-0.2, -0.15) is 23.4 Å². The number of rotatable bonds is 8. The summed E-state index contributed by atoms with van der Waals surface area (Å²) in [7, 11) is 0. The van der Waals surface area contributed by atoms with E-state index < -0.39 is 43.3 Å². The van der Waals surface area contributed by atoms with Gasteiger partial charge in [-0.15, -0.1) is 18.3 Å². The first-order valence-corrected chi connectivity index (χ1v) is 14.5. The van der Waals surface area contributed by atoms with Crippen LogP contribution in [0.4, 0.5) is 42.5 Å². The molecule has 0 unspecified atom stereocenters. The number of aromatic nitrogens is 4. The molecule has 1 N–H and O–H groups in total. The second-order valence-electron chi connectivity index (χ2n) is 9.81. The molecule has 5 rings (SSSR count). The summed E-state index contributed by atoms with van der Waals surface area (Å²) in [6.07, 6.45) is -8.41. The molecule has 0 atom stereocenters. The molecule has 0 spiro atoms. The maximum absolute atomic E-state index is 12.9. The number of thioether (sulfide) groups is 1. The van der Waals surface area contributed by atoms with Crippen LogP contribution in [0.25, 0.3) is 17.2 Å². The number of nitrogens with one attached hydrogen (secondary N) is 1. The maximum Gasteiger partial charge on any atom is 0.573 e. The van der Waals surface area contributed by atoms with E-state index >= 15 is 0 Å². The number of pyridine rings is 1. The average molecular weight is 691 g/mol. The summed E-state index contributed by atoms with van der Waals surface area (Å²) in [5, 5.41) is 16.4. The molecular weight excluding hydrogens is 670 g/mol. The minimum absolute atomic E-state index is 0.00418. The number of carbonyl (C=O) groups excluding carboxylic acids is 2. The summed E-state index contributed by atoms with van der Waals surface area (Å²) < 4.78 is 85.6. The largest absolute Gasteiger partial charge is 0.573 e. The summed E-state index contributed by atoms with van der Waals surface area (Å²) in [4.78, 5) is 38.8. The van der Waals surface area contributed by atoms with Crippen LogP contribution in [-0.2, 0) is 4.79 Å². The van der Waals surface area contributed by atoms with Crippen molar-refractivity contribution in [3.05, 3.63) is 72.2 Å². The number of aliphatic imine (C=N–C) groups is 1. The maximum atomic E-state index is 12.9. The molecule has 1 saturated heterocycles. The van der Waals surface area contributed by atoms with Crippen molar-refractivity contribution in [2.45, 2.75) is 25.9 Å². The van der Waals surface area contributed by atoms with Crippen LogP contribution < -0.4 is 19.7 Å². The Morgan fingerprint density at radius 3 is 2.58 bits per heavy atom. The number of alkyl halides is 6. The van der Waals surface area contributed by atoms with E-state index in [4.69, 9.17) is 4.74 Å². The average Bonchev–Trinajstić information content (AvgIpc) is 3.64. The number of ether oxygens (including phenoxy) is 2. The molecule has 48 heavy (non-hydrogen) atoms. The van der Waals surface area contributed by atoms with Gasteiger partial charge in [0.25, 0.3) is 0 Å². The zero-order valence-corrected chi connectivity index (χ0v) is 25.2. The van der Waals surface area contributed by atoms with E-state index in [0.717, 1.165) is 28.9 Å². The van der Waals surface area contributed by atoms with Crippen molar-refractivity contribution in [1.29, 1.82) is 5.26 Å². The number of benzene rings is 2. The molecule has 2 aromatic carbocycles. The number of carbonyl (C=O) groups is 2. The number of hydrogen-bond donors (Lipinski definition) is 1. The third kappa shape index (κ3) is 8.38. The molecule has 0 aliphatic carbocycles. The van der Waals surface area contributed by atoms with Crippen LogP contribution in [0.2, 0.25) is 0 Å². The predicted octanol–water partition coefficient (Wildman–Crippen LogP) is 6.41. The van der Waals surface area contributed by atoms with E-state index in [9.17, 15) is 41.2 Å². The van der Waals surface area contributed by atoms with Gasteiger partial charge in [0.1, 0.15) is 23.9 Å². The van der Waals surface area contributed by atoms with E-state index in [1.807, 2.05) is 6.07 Å². The Morgan fingerprint density at radius 2 is 1.90 bits per heavy atom. The number of amidine groups is 1. The second kappa shape index (κ2) is 13.6. The van der Waals surface area contributed by atoms with Gasteiger partial charge in [0.05, 0.1) is 41.9 Å². The van der Waals surface area contributed by atoms with Crippen molar-refractivity contribution in [2.24, 2.45) is 4.99 Å². The SMILES string of the molecule is Cc1ccc(OCCC(F)(F)F)c(N2C(=O)CSC2=NC(=O)Nc2ccc(-c3ncn(-c4ccc(OC(F)(F)F)cn4)n3)cc2C#N)c1. The first-order chi connectivity index (χ1) is 22.7. The van der Waals surface area contributed by atoms with Crippen LogP contribution in [-0.4, -0.2) is 61.8 Å². The van der Waals surface area contributed by atoms with Crippen LogP contribution in [0.3, 0.4) is 0 Å². The molecule has 0 bridgehead atoms. The van der Waals surface area contributed by atoms with Crippen molar-refractivity contribution >= 4 is 40.2 Å². The number of halogens is 6. The Kier molecular flexibility index (Phi) is 9.56. The molecule has 3 amide bonds.